The van der Waals surface area contributed by atoms with Gasteiger partial charge in [-0.3, -0.25) is 14.4 Å². The van der Waals surface area contributed by atoms with Crippen LogP contribution in [-0.4, -0.2) is 30.8 Å². The summed E-state index contributed by atoms with van der Waals surface area (Å²) in [5.41, 5.74) is 2.27. The van der Waals surface area contributed by atoms with Gasteiger partial charge in [-0.1, -0.05) is 18.2 Å². The highest BCUT2D eigenvalue weighted by atomic mass is 19.1. The summed E-state index contributed by atoms with van der Waals surface area (Å²) in [6, 6.07) is 11.7. The predicted octanol–water partition coefficient (Wildman–Crippen LogP) is 2.55. The molecule has 29 heavy (non-hydrogen) atoms. The van der Waals surface area contributed by atoms with Crippen molar-refractivity contribution in [2.45, 2.75) is 26.8 Å². The van der Waals surface area contributed by atoms with Gasteiger partial charge in [0.1, 0.15) is 5.82 Å². The smallest absolute Gasteiger partial charge is 0.251 e. The molecule has 1 aliphatic rings. The third-order valence-corrected chi connectivity index (χ3v) is 4.88. The van der Waals surface area contributed by atoms with Crippen LogP contribution in [-0.2, 0) is 16.1 Å². The molecule has 3 rings (SSSR count). The van der Waals surface area contributed by atoms with Crippen LogP contribution >= 0.6 is 0 Å². The van der Waals surface area contributed by atoms with Crippen molar-refractivity contribution >= 4 is 23.4 Å². The first-order valence-corrected chi connectivity index (χ1v) is 9.60. The number of carbonyl (C=O) groups excluding carboxylic acids is 3. The van der Waals surface area contributed by atoms with Gasteiger partial charge in [-0.15, -0.1) is 0 Å². The molecule has 1 atom stereocenters. The minimum Gasteiger partial charge on any atom is -0.352 e. The molecule has 0 saturated carbocycles. The second kappa shape index (κ2) is 8.86. The number of halogens is 1. The summed E-state index contributed by atoms with van der Waals surface area (Å²) < 4.78 is 14.2. The van der Waals surface area contributed by atoms with Gasteiger partial charge < -0.3 is 15.5 Å². The second-order valence-electron chi connectivity index (χ2n) is 7.14. The van der Waals surface area contributed by atoms with E-state index in [2.05, 4.69) is 10.6 Å². The molecule has 152 valence electrons. The number of nitrogens with one attached hydrogen (secondary N) is 2. The Morgan fingerprint density at radius 3 is 2.69 bits per heavy atom. The molecule has 1 saturated heterocycles. The molecule has 0 aromatic heterocycles. The molecule has 2 N–H and O–H groups in total. The SMILES string of the molecule is CCNC(=O)c1cccc(CNC(=O)C2CC(=O)N(c3ccc(C)cc3F)C2)c1. The average Bonchev–Trinajstić information content (AvgIpc) is 3.08. The first-order chi connectivity index (χ1) is 13.9. The Balaban J connectivity index is 1.61. The van der Waals surface area contributed by atoms with Gasteiger partial charge in [0.2, 0.25) is 11.8 Å². The Morgan fingerprint density at radius 2 is 1.97 bits per heavy atom. The minimum atomic E-state index is -0.547. The van der Waals surface area contributed by atoms with Crippen LogP contribution in [0.1, 0.15) is 34.8 Å². The van der Waals surface area contributed by atoms with E-state index < -0.39 is 11.7 Å². The van der Waals surface area contributed by atoms with Crippen LogP contribution in [0.4, 0.5) is 10.1 Å². The summed E-state index contributed by atoms with van der Waals surface area (Å²) in [5.74, 6) is -1.72. The third-order valence-electron chi connectivity index (χ3n) is 4.88. The van der Waals surface area contributed by atoms with Crippen molar-refractivity contribution in [3.63, 3.8) is 0 Å². The summed E-state index contributed by atoms with van der Waals surface area (Å²) in [6.07, 6.45) is 0.0398. The fourth-order valence-corrected chi connectivity index (χ4v) is 3.37. The molecule has 0 aliphatic carbocycles. The number of anilines is 1. The number of rotatable bonds is 6. The summed E-state index contributed by atoms with van der Waals surface area (Å²) in [7, 11) is 0. The molecule has 1 unspecified atom stereocenters. The quantitative estimate of drug-likeness (QED) is 0.786. The average molecular weight is 397 g/mol. The van der Waals surface area contributed by atoms with Gasteiger partial charge in [0.25, 0.3) is 5.91 Å². The molecule has 6 nitrogen and oxygen atoms in total. The van der Waals surface area contributed by atoms with Crippen LogP contribution in [0.2, 0.25) is 0 Å². The van der Waals surface area contributed by atoms with Crippen LogP contribution in [0, 0.1) is 18.7 Å². The first-order valence-electron chi connectivity index (χ1n) is 9.60. The highest BCUT2D eigenvalue weighted by Crippen LogP contribution is 2.28. The van der Waals surface area contributed by atoms with Gasteiger partial charge in [0.15, 0.2) is 0 Å². The van der Waals surface area contributed by atoms with E-state index in [0.29, 0.717) is 12.1 Å². The molecular weight excluding hydrogens is 373 g/mol. The van der Waals surface area contributed by atoms with Crippen molar-refractivity contribution in [2.24, 2.45) is 5.92 Å². The Morgan fingerprint density at radius 1 is 1.17 bits per heavy atom. The zero-order valence-electron chi connectivity index (χ0n) is 16.5. The Bertz CT molecular complexity index is 945. The molecular formula is C22H24FN3O3. The fourth-order valence-electron chi connectivity index (χ4n) is 3.37. The maximum atomic E-state index is 14.2. The molecule has 1 fully saturated rings. The van der Waals surface area contributed by atoms with E-state index >= 15 is 0 Å². The van der Waals surface area contributed by atoms with Crippen molar-refractivity contribution in [1.29, 1.82) is 0 Å². The summed E-state index contributed by atoms with van der Waals surface area (Å²) in [6.45, 7) is 4.54. The largest absolute Gasteiger partial charge is 0.352 e. The van der Waals surface area contributed by atoms with Gasteiger partial charge in [0, 0.05) is 31.6 Å². The molecule has 0 spiro atoms. The third kappa shape index (κ3) is 4.80. The lowest BCUT2D eigenvalue weighted by Crippen LogP contribution is -2.33. The van der Waals surface area contributed by atoms with Crippen molar-refractivity contribution < 1.29 is 18.8 Å². The standard InChI is InChI=1S/C22H24FN3O3/c1-3-24-21(28)16-6-4-5-15(10-16)12-25-22(29)17-11-20(27)26(13-17)19-8-7-14(2)9-18(19)23/h4-10,17H,3,11-13H2,1-2H3,(H,24,28)(H,25,29). The lowest BCUT2D eigenvalue weighted by atomic mass is 10.1. The Hall–Kier alpha value is -3.22. The number of benzene rings is 2. The normalized spacial score (nSPS) is 16.0. The number of aryl methyl sites for hydroxylation is 1. The monoisotopic (exact) mass is 397 g/mol. The van der Waals surface area contributed by atoms with E-state index in [1.165, 1.54) is 11.0 Å². The van der Waals surface area contributed by atoms with Gasteiger partial charge in [-0.2, -0.15) is 0 Å². The molecule has 7 heteroatoms. The zero-order chi connectivity index (χ0) is 21.0. The maximum Gasteiger partial charge on any atom is 0.251 e. The van der Waals surface area contributed by atoms with E-state index in [0.717, 1.165) is 11.1 Å². The van der Waals surface area contributed by atoms with E-state index in [-0.39, 0.29) is 42.9 Å². The molecule has 2 aromatic rings. The second-order valence-corrected chi connectivity index (χ2v) is 7.14. The van der Waals surface area contributed by atoms with E-state index in [1.54, 1.807) is 37.3 Å². The van der Waals surface area contributed by atoms with Crippen LogP contribution in [0.25, 0.3) is 0 Å². The van der Waals surface area contributed by atoms with Gasteiger partial charge >= 0.3 is 0 Å². The number of nitrogens with zero attached hydrogens (tertiary/aromatic N) is 1. The highest BCUT2D eigenvalue weighted by Gasteiger charge is 2.36. The van der Waals surface area contributed by atoms with Gasteiger partial charge in [-0.25, -0.2) is 4.39 Å². The van der Waals surface area contributed by atoms with Crippen LogP contribution in [0.3, 0.4) is 0 Å². The lowest BCUT2D eigenvalue weighted by molar-refractivity contribution is -0.126. The van der Waals surface area contributed by atoms with Crippen molar-refractivity contribution in [1.82, 2.24) is 10.6 Å². The molecule has 1 heterocycles. The summed E-state index contributed by atoms with van der Waals surface area (Å²) in [4.78, 5) is 38.1. The van der Waals surface area contributed by atoms with Crippen LogP contribution < -0.4 is 15.5 Å². The minimum absolute atomic E-state index is 0.0398. The molecule has 2 aromatic carbocycles. The molecule has 0 bridgehead atoms. The van der Waals surface area contributed by atoms with E-state index in [4.69, 9.17) is 0 Å². The van der Waals surface area contributed by atoms with Crippen molar-refractivity contribution in [3.8, 4) is 0 Å². The van der Waals surface area contributed by atoms with Gasteiger partial charge in [-0.05, 0) is 49.2 Å². The number of carbonyl (C=O) groups is 3. The van der Waals surface area contributed by atoms with Crippen LogP contribution in [0.5, 0.6) is 0 Å². The number of amides is 3. The van der Waals surface area contributed by atoms with Gasteiger partial charge in [0.05, 0.1) is 11.6 Å². The van der Waals surface area contributed by atoms with E-state index in [1.807, 2.05) is 13.0 Å². The van der Waals surface area contributed by atoms with Crippen molar-refractivity contribution in [2.75, 3.05) is 18.0 Å². The molecule has 3 amide bonds. The summed E-state index contributed by atoms with van der Waals surface area (Å²) in [5, 5.41) is 5.54. The molecule has 0 radical (unpaired) electrons. The first kappa shape index (κ1) is 20.5. The molecule has 1 aliphatic heterocycles. The topological polar surface area (TPSA) is 78.5 Å². The predicted molar refractivity (Wildman–Crippen MR) is 108 cm³/mol. The Labute approximate surface area is 169 Å². The maximum absolute atomic E-state index is 14.2. The summed E-state index contributed by atoms with van der Waals surface area (Å²) >= 11 is 0. The van der Waals surface area contributed by atoms with Crippen molar-refractivity contribution in [3.05, 3.63) is 65.0 Å². The fraction of sp³-hybridized carbons (Fsp3) is 0.318. The van der Waals surface area contributed by atoms with E-state index in [9.17, 15) is 18.8 Å². The van der Waals surface area contributed by atoms with Crippen LogP contribution in [0.15, 0.2) is 42.5 Å². The number of hydrogen-bond acceptors (Lipinski definition) is 3. The lowest BCUT2D eigenvalue weighted by Gasteiger charge is -2.18. The number of hydrogen-bond donors (Lipinski definition) is 2. The zero-order valence-corrected chi connectivity index (χ0v) is 16.5. The Kier molecular flexibility index (Phi) is 6.26. The highest BCUT2D eigenvalue weighted by molar-refractivity contribution is 6.00.